The van der Waals surface area contributed by atoms with Crippen molar-refractivity contribution in [3.63, 3.8) is 0 Å². The Morgan fingerprint density at radius 1 is 1.50 bits per heavy atom. The number of likely N-dealkylation sites (tertiary alicyclic amines) is 1. The van der Waals surface area contributed by atoms with Crippen LogP contribution in [0.1, 0.15) is 24.8 Å². The van der Waals surface area contributed by atoms with E-state index in [9.17, 15) is 9.18 Å². The monoisotopic (exact) mass is 271 g/mol. The maximum Gasteiger partial charge on any atom is 0.320 e. The molecular formula is C13H15ClFNO2. The lowest BCUT2D eigenvalue weighted by molar-refractivity contribution is -0.144. The van der Waals surface area contributed by atoms with Crippen molar-refractivity contribution < 1.29 is 14.3 Å². The number of aliphatic carboxylic acids is 1. The molecule has 0 saturated carbocycles. The highest BCUT2D eigenvalue weighted by Crippen LogP contribution is 2.25. The number of carboxylic acids is 1. The third-order valence-electron chi connectivity index (χ3n) is 3.32. The summed E-state index contributed by atoms with van der Waals surface area (Å²) in [6.45, 7) is 0.921. The van der Waals surface area contributed by atoms with Gasteiger partial charge in [-0.1, -0.05) is 24.1 Å². The van der Waals surface area contributed by atoms with Gasteiger partial charge in [0, 0.05) is 17.1 Å². The first-order valence-electron chi connectivity index (χ1n) is 5.99. The average molecular weight is 272 g/mol. The van der Waals surface area contributed by atoms with Gasteiger partial charge >= 0.3 is 5.97 Å². The molecule has 0 aliphatic carbocycles. The van der Waals surface area contributed by atoms with E-state index < -0.39 is 12.0 Å². The Balaban J connectivity index is 2.18. The predicted molar refractivity (Wildman–Crippen MR) is 67.1 cm³/mol. The minimum Gasteiger partial charge on any atom is -0.480 e. The molecule has 2 rings (SSSR count). The minimum absolute atomic E-state index is 0.252. The summed E-state index contributed by atoms with van der Waals surface area (Å²) in [4.78, 5) is 12.9. The van der Waals surface area contributed by atoms with Gasteiger partial charge in [-0.25, -0.2) is 4.39 Å². The lowest BCUT2D eigenvalue weighted by Gasteiger charge is -2.33. The maximum absolute atomic E-state index is 13.7. The van der Waals surface area contributed by atoms with Crippen molar-refractivity contribution in [2.24, 2.45) is 0 Å². The summed E-state index contributed by atoms with van der Waals surface area (Å²) in [5.41, 5.74) is 0.382. The number of benzene rings is 1. The molecule has 0 radical (unpaired) electrons. The van der Waals surface area contributed by atoms with E-state index in [0.29, 0.717) is 23.6 Å². The fourth-order valence-corrected chi connectivity index (χ4v) is 2.57. The molecule has 1 aromatic carbocycles. The molecule has 0 bridgehead atoms. The number of hydrogen-bond acceptors (Lipinski definition) is 2. The lowest BCUT2D eigenvalue weighted by Crippen LogP contribution is -2.44. The van der Waals surface area contributed by atoms with E-state index in [1.165, 1.54) is 6.07 Å². The molecule has 1 aliphatic heterocycles. The average Bonchev–Trinajstić information content (AvgIpc) is 2.34. The first-order valence-corrected chi connectivity index (χ1v) is 6.37. The molecule has 0 aromatic heterocycles. The molecule has 18 heavy (non-hydrogen) atoms. The van der Waals surface area contributed by atoms with Crippen molar-refractivity contribution in [3.8, 4) is 0 Å². The Labute approximate surface area is 110 Å². The molecule has 3 nitrogen and oxygen atoms in total. The van der Waals surface area contributed by atoms with Crippen LogP contribution in [-0.2, 0) is 11.3 Å². The highest BCUT2D eigenvalue weighted by Gasteiger charge is 2.29. The SMILES string of the molecule is O=C(O)C1CCCCN1Cc1c(F)cccc1Cl. The van der Waals surface area contributed by atoms with Gasteiger partial charge in [0.05, 0.1) is 0 Å². The second-order valence-electron chi connectivity index (χ2n) is 4.52. The number of hydrogen-bond donors (Lipinski definition) is 1. The van der Waals surface area contributed by atoms with E-state index in [1.54, 1.807) is 17.0 Å². The van der Waals surface area contributed by atoms with Crippen LogP contribution in [0.2, 0.25) is 5.02 Å². The van der Waals surface area contributed by atoms with Gasteiger partial charge in [-0.3, -0.25) is 9.69 Å². The molecule has 1 saturated heterocycles. The van der Waals surface area contributed by atoms with Crippen LogP contribution in [0.4, 0.5) is 4.39 Å². The molecule has 5 heteroatoms. The molecule has 1 unspecified atom stereocenters. The van der Waals surface area contributed by atoms with Crippen molar-refractivity contribution >= 4 is 17.6 Å². The smallest absolute Gasteiger partial charge is 0.320 e. The summed E-state index contributed by atoms with van der Waals surface area (Å²) >= 11 is 5.96. The van der Waals surface area contributed by atoms with E-state index in [-0.39, 0.29) is 12.4 Å². The second kappa shape index (κ2) is 5.67. The summed E-state index contributed by atoms with van der Waals surface area (Å²) in [5.74, 6) is -1.22. The Bertz CT molecular complexity index is 432. The molecule has 1 heterocycles. The number of rotatable bonds is 3. The topological polar surface area (TPSA) is 40.5 Å². The molecule has 0 amide bonds. The van der Waals surface area contributed by atoms with E-state index >= 15 is 0 Å². The highest BCUT2D eigenvalue weighted by molar-refractivity contribution is 6.31. The predicted octanol–water partition coefficient (Wildman–Crippen LogP) is 2.92. The Morgan fingerprint density at radius 2 is 2.28 bits per heavy atom. The summed E-state index contributed by atoms with van der Waals surface area (Å²) in [7, 11) is 0. The number of piperidine rings is 1. The van der Waals surface area contributed by atoms with Crippen LogP contribution < -0.4 is 0 Å². The summed E-state index contributed by atoms with van der Waals surface area (Å²) in [5, 5.41) is 9.51. The highest BCUT2D eigenvalue weighted by atomic mass is 35.5. The van der Waals surface area contributed by atoms with Gasteiger partial charge < -0.3 is 5.11 Å². The van der Waals surface area contributed by atoms with E-state index in [0.717, 1.165) is 12.8 Å². The second-order valence-corrected chi connectivity index (χ2v) is 4.93. The van der Waals surface area contributed by atoms with Gasteiger partial charge in [-0.2, -0.15) is 0 Å². The Hall–Kier alpha value is -1.13. The van der Waals surface area contributed by atoms with E-state index in [1.807, 2.05) is 0 Å². The number of halogens is 2. The zero-order chi connectivity index (χ0) is 13.1. The zero-order valence-electron chi connectivity index (χ0n) is 9.90. The quantitative estimate of drug-likeness (QED) is 0.919. The lowest BCUT2D eigenvalue weighted by atomic mass is 10.0. The van der Waals surface area contributed by atoms with Gasteiger partial charge in [0.1, 0.15) is 11.9 Å². The van der Waals surface area contributed by atoms with Crippen LogP contribution in [0.3, 0.4) is 0 Å². The standard InChI is InChI=1S/C13H15ClFNO2/c14-10-4-3-5-11(15)9(10)8-16-7-2-1-6-12(16)13(17)18/h3-5,12H,1-2,6-8H2,(H,17,18). The molecule has 1 fully saturated rings. The van der Waals surface area contributed by atoms with Gasteiger partial charge in [0.25, 0.3) is 0 Å². The largest absolute Gasteiger partial charge is 0.480 e. The zero-order valence-corrected chi connectivity index (χ0v) is 10.7. The van der Waals surface area contributed by atoms with Crippen LogP contribution in [0.15, 0.2) is 18.2 Å². The Kier molecular flexibility index (Phi) is 4.19. The summed E-state index contributed by atoms with van der Waals surface area (Å²) in [6, 6.07) is 3.99. The van der Waals surface area contributed by atoms with Crippen LogP contribution in [0, 0.1) is 5.82 Å². The van der Waals surface area contributed by atoms with Gasteiger partial charge in [-0.15, -0.1) is 0 Å². The van der Waals surface area contributed by atoms with Crippen LogP contribution in [0.5, 0.6) is 0 Å². The van der Waals surface area contributed by atoms with Gasteiger partial charge in [0.2, 0.25) is 0 Å². The number of carbonyl (C=O) groups is 1. The Morgan fingerprint density at radius 3 is 2.94 bits per heavy atom. The number of nitrogens with zero attached hydrogens (tertiary/aromatic N) is 1. The first kappa shape index (κ1) is 13.3. The van der Waals surface area contributed by atoms with Crippen molar-refractivity contribution in [1.29, 1.82) is 0 Å². The van der Waals surface area contributed by atoms with Crippen LogP contribution >= 0.6 is 11.6 Å². The molecule has 1 aromatic rings. The maximum atomic E-state index is 13.7. The van der Waals surface area contributed by atoms with Crippen LogP contribution in [0.25, 0.3) is 0 Å². The molecule has 1 aliphatic rings. The number of carboxylic acid groups (broad SMARTS) is 1. The minimum atomic E-state index is -0.845. The first-order chi connectivity index (χ1) is 8.59. The van der Waals surface area contributed by atoms with Gasteiger partial charge in [-0.05, 0) is 31.5 Å². The van der Waals surface area contributed by atoms with Crippen molar-refractivity contribution in [3.05, 3.63) is 34.6 Å². The fraction of sp³-hybridized carbons (Fsp3) is 0.462. The van der Waals surface area contributed by atoms with E-state index in [4.69, 9.17) is 16.7 Å². The summed E-state index contributed by atoms with van der Waals surface area (Å²) in [6.07, 6.45) is 2.45. The fourth-order valence-electron chi connectivity index (χ4n) is 2.35. The van der Waals surface area contributed by atoms with Crippen molar-refractivity contribution in [1.82, 2.24) is 4.90 Å². The normalized spacial score (nSPS) is 20.9. The molecule has 98 valence electrons. The van der Waals surface area contributed by atoms with Crippen LogP contribution in [-0.4, -0.2) is 28.6 Å². The van der Waals surface area contributed by atoms with Gasteiger partial charge in [0.15, 0.2) is 0 Å². The van der Waals surface area contributed by atoms with Crippen molar-refractivity contribution in [2.75, 3.05) is 6.54 Å². The molecule has 0 spiro atoms. The molecule has 1 atom stereocenters. The summed E-state index contributed by atoms with van der Waals surface area (Å²) < 4.78 is 13.7. The van der Waals surface area contributed by atoms with Crippen molar-refractivity contribution in [2.45, 2.75) is 31.8 Å². The molecular weight excluding hydrogens is 257 g/mol. The third-order valence-corrected chi connectivity index (χ3v) is 3.68. The van der Waals surface area contributed by atoms with E-state index in [2.05, 4.69) is 0 Å². The third kappa shape index (κ3) is 2.82. The molecule has 1 N–H and O–H groups in total.